The summed E-state index contributed by atoms with van der Waals surface area (Å²) < 4.78 is 23.6. The maximum atomic E-state index is 12.2. The van der Waals surface area contributed by atoms with Crippen molar-refractivity contribution in [2.75, 3.05) is 31.9 Å². The highest BCUT2D eigenvalue weighted by Crippen LogP contribution is 2.23. The molecule has 0 saturated carbocycles. The highest BCUT2D eigenvalue weighted by atomic mass is 127. The molecule has 0 aromatic heterocycles. The lowest BCUT2D eigenvalue weighted by Crippen LogP contribution is -2.57. The summed E-state index contributed by atoms with van der Waals surface area (Å²) in [6, 6.07) is 8.49. The number of aliphatic imine (C=N–C) groups is 1. The molecule has 1 fully saturated rings. The molecule has 0 unspecified atom stereocenters. The third-order valence-electron chi connectivity index (χ3n) is 4.46. The van der Waals surface area contributed by atoms with Crippen LogP contribution in [0.2, 0.25) is 0 Å². The van der Waals surface area contributed by atoms with Crippen LogP contribution in [-0.4, -0.2) is 56.0 Å². The van der Waals surface area contributed by atoms with Gasteiger partial charge < -0.3 is 10.2 Å². The fourth-order valence-electron chi connectivity index (χ4n) is 2.80. The van der Waals surface area contributed by atoms with E-state index in [1.807, 2.05) is 6.92 Å². The molecule has 0 radical (unpaired) electrons. The minimum atomic E-state index is -3.03. The highest BCUT2D eigenvalue weighted by molar-refractivity contribution is 14.0. The Morgan fingerprint density at radius 2 is 1.92 bits per heavy atom. The lowest BCUT2D eigenvalue weighted by Gasteiger charge is -2.39. The maximum absolute atomic E-state index is 12.2. The molecule has 0 spiro atoms. The summed E-state index contributed by atoms with van der Waals surface area (Å²) in [7, 11) is -3.03. The van der Waals surface area contributed by atoms with E-state index in [2.05, 4.69) is 41.4 Å². The average molecular weight is 479 g/mol. The number of sulfone groups is 1. The van der Waals surface area contributed by atoms with E-state index in [0.717, 1.165) is 18.9 Å². The van der Waals surface area contributed by atoms with Crippen LogP contribution in [-0.2, 0) is 16.3 Å². The summed E-state index contributed by atoms with van der Waals surface area (Å²) >= 11 is 0. The van der Waals surface area contributed by atoms with Gasteiger partial charge in [-0.3, -0.25) is 4.99 Å². The van der Waals surface area contributed by atoms with Crippen molar-refractivity contribution in [2.24, 2.45) is 4.99 Å². The minimum absolute atomic E-state index is 0. The number of aryl methyl sites for hydroxylation is 1. The first-order valence-electron chi connectivity index (χ1n) is 8.56. The van der Waals surface area contributed by atoms with E-state index < -0.39 is 14.6 Å². The van der Waals surface area contributed by atoms with Crippen molar-refractivity contribution in [3.63, 3.8) is 0 Å². The molecule has 1 N–H and O–H groups in total. The Labute approximate surface area is 169 Å². The molecule has 0 amide bonds. The van der Waals surface area contributed by atoms with Gasteiger partial charge in [-0.2, -0.15) is 0 Å². The monoisotopic (exact) mass is 479 g/mol. The number of nitrogens with zero attached hydrogens (tertiary/aromatic N) is 2. The average Bonchev–Trinajstić information content (AvgIpc) is 2.51. The largest absolute Gasteiger partial charge is 0.357 e. The molecular weight excluding hydrogens is 449 g/mol. The molecule has 1 aliphatic rings. The second-order valence-electron chi connectivity index (χ2n) is 6.97. The number of nitrogens with one attached hydrogen (secondary N) is 1. The number of halogens is 1. The van der Waals surface area contributed by atoms with E-state index in [1.165, 1.54) is 11.1 Å². The zero-order chi connectivity index (χ0) is 17.8. The number of benzene rings is 1. The predicted octanol–water partition coefficient (Wildman–Crippen LogP) is 2.63. The zero-order valence-corrected chi connectivity index (χ0v) is 18.7. The number of guanidine groups is 1. The van der Waals surface area contributed by atoms with Crippen LogP contribution >= 0.6 is 24.0 Å². The fraction of sp³-hybridized carbons (Fsp3) is 0.611. The molecular formula is C18H30IN3O2S. The molecule has 2 rings (SSSR count). The molecule has 25 heavy (non-hydrogen) atoms. The van der Waals surface area contributed by atoms with Gasteiger partial charge >= 0.3 is 0 Å². The number of hydrogen-bond donors (Lipinski definition) is 1. The maximum Gasteiger partial charge on any atom is 0.194 e. The standard InChI is InChI=1S/C18H29N3O2S.HI/c1-5-19-17(20-11-10-16-8-6-15(2)7-9-16)21-12-13-24(22,23)18(3,4)14-21;/h6-9H,5,10-14H2,1-4H3,(H,19,20);1H. The summed E-state index contributed by atoms with van der Waals surface area (Å²) in [5.41, 5.74) is 2.52. The van der Waals surface area contributed by atoms with Gasteiger partial charge in [0, 0.05) is 26.2 Å². The molecule has 1 aliphatic heterocycles. The van der Waals surface area contributed by atoms with Crippen molar-refractivity contribution in [1.29, 1.82) is 0 Å². The van der Waals surface area contributed by atoms with E-state index in [-0.39, 0.29) is 29.7 Å². The van der Waals surface area contributed by atoms with Gasteiger partial charge in [-0.25, -0.2) is 8.42 Å². The Bertz CT molecular complexity index is 685. The summed E-state index contributed by atoms with van der Waals surface area (Å²) in [4.78, 5) is 6.77. The summed E-state index contributed by atoms with van der Waals surface area (Å²) in [5, 5.41) is 3.29. The van der Waals surface area contributed by atoms with Crippen molar-refractivity contribution >= 4 is 39.8 Å². The summed E-state index contributed by atoms with van der Waals surface area (Å²) in [6.45, 7) is 10.1. The quantitative estimate of drug-likeness (QED) is 0.410. The van der Waals surface area contributed by atoms with Crippen molar-refractivity contribution < 1.29 is 8.42 Å². The van der Waals surface area contributed by atoms with Crippen LogP contribution in [0.25, 0.3) is 0 Å². The van der Waals surface area contributed by atoms with Crippen molar-refractivity contribution in [3.05, 3.63) is 35.4 Å². The molecule has 1 aromatic carbocycles. The molecule has 1 heterocycles. The molecule has 1 saturated heterocycles. The molecule has 0 aliphatic carbocycles. The lowest BCUT2D eigenvalue weighted by molar-refractivity contribution is 0.353. The van der Waals surface area contributed by atoms with E-state index in [4.69, 9.17) is 4.99 Å². The Balaban J connectivity index is 0.00000312. The van der Waals surface area contributed by atoms with Crippen molar-refractivity contribution in [3.8, 4) is 0 Å². The van der Waals surface area contributed by atoms with Gasteiger partial charge in [0.2, 0.25) is 0 Å². The first-order valence-corrected chi connectivity index (χ1v) is 10.2. The SMILES string of the molecule is CCNC(=NCCc1ccc(C)cc1)N1CCS(=O)(=O)C(C)(C)C1.I. The van der Waals surface area contributed by atoms with Crippen LogP contribution in [0.4, 0.5) is 0 Å². The second-order valence-corrected chi connectivity index (χ2v) is 9.71. The summed E-state index contributed by atoms with van der Waals surface area (Å²) in [5.74, 6) is 0.995. The normalized spacial score (nSPS) is 19.2. The van der Waals surface area contributed by atoms with Crippen LogP contribution in [0.3, 0.4) is 0 Å². The second kappa shape index (κ2) is 9.21. The van der Waals surface area contributed by atoms with Gasteiger partial charge in [-0.15, -0.1) is 24.0 Å². The van der Waals surface area contributed by atoms with E-state index in [0.29, 0.717) is 19.6 Å². The lowest BCUT2D eigenvalue weighted by atomic mass is 10.1. The smallest absolute Gasteiger partial charge is 0.194 e. The fourth-order valence-corrected chi connectivity index (χ4v) is 4.16. The molecule has 0 atom stereocenters. The Hall–Kier alpha value is -0.830. The van der Waals surface area contributed by atoms with Gasteiger partial charge in [0.1, 0.15) is 0 Å². The number of rotatable bonds is 4. The zero-order valence-electron chi connectivity index (χ0n) is 15.6. The first kappa shape index (κ1) is 22.2. The van der Waals surface area contributed by atoms with Gasteiger partial charge in [0.05, 0.1) is 10.5 Å². The molecule has 1 aromatic rings. The van der Waals surface area contributed by atoms with Crippen molar-refractivity contribution in [2.45, 2.75) is 38.9 Å². The topological polar surface area (TPSA) is 61.8 Å². The molecule has 0 bridgehead atoms. The van der Waals surface area contributed by atoms with Gasteiger partial charge in [0.25, 0.3) is 0 Å². The van der Waals surface area contributed by atoms with E-state index in [1.54, 1.807) is 13.8 Å². The molecule has 142 valence electrons. The predicted molar refractivity (Wildman–Crippen MR) is 116 cm³/mol. The van der Waals surface area contributed by atoms with Crippen LogP contribution < -0.4 is 5.32 Å². The first-order chi connectivity index (χ1) is 11.2. The number of hydrogen-bond acceptors (Lipinski definition) is 3. The molecule has 5 nitrogen and oxygen atoms in total. The van der Waals surface area contributed by atoms with Crippen LogP contribution in [0, 0.1) is 6.92 Å². The van der Waals surface area contributed by atoms with Crippen molar-refractivity contribution in [1.82, 2.24) is 10.2 Å². The Morgan fingerprint density at radius 3 is 2.48 bits per heavy atom. The summed E-state index contributed by atoms with van der Waals surface area (Å²) in [6.07, 6.45) is 0.880. The third-order valence-corrected chi connectivity index (χ3v) is 6.99. The Morgan fingerprint density at radius 1 is 1.28 bits per heavy atom. The van der Waals surface area contributed by atoms with Gasteiger partial charge in [-0.1, -0.05) is 29.8 Å². The van der Waals surface area contributed by atoms with Gasteiger partial charge in [0.15, 0.2) is 15.8 Å². The third kappa shape index (κ3) is 5.84. The highest BCUT2D eigenvalue weighted by Gasteiger charge is 2.40. The Kier molecular flexibility index (Phi) is 8.18. The van der Waals surface area contributed by atoms with Crippen LogP contribution in [0.5, 0.6) is 0 Å². The van der Waals surface area contributed by atoms with E-state index in [9.17, 15) is 8.42 Å². The minimum Gasteiger partial charge on any atom is -0.357 e. The van der Waals surface area contributed by atoms with Crippen LogP contribution in [0.15, 0.2) is 29.3 Å². The van der Waals surface area contributed by atoms with Gasteiger partial charge in [-0.05, 0) is 39.7 Å². The molecule has 7 heteroatoms. The van der Waals surface area contributed by atoms with E-state index >= 15 is 0 Å². The van der Waals surface area contributed by atoms with Crippen LogP contribution in [0.1, 0.15) is 31.9 Å².